The molecular weight excluding hydrogens is 358 g/mol. The monoisotopic (exact) mass is 381 g/mol. The van der Waals surface area contributed by atoms with Crippen LogP contribution in [0.1, 0.15) is 31.2 Å². The van der Waals surface area contributed by atoms with Crippen molar-refractivity contribution in [3.05, 3.63) is 35.9 Å². The molecule has 1 fully saturated rings. The van der Waals surface area contributed by atoms with Crippen molar-refractivity contribution in [1.82, 2.24) is 15.2 Å². The summed E-state index contributed by atoms with van der Waals surface area (Å²) in [5.41, 5.74) is 2.83. The van der Waals surface area contributed by atoms with Gasteiger partial charge in [-0.1, -0.05) is 43.2 Å². The molecule has 0 radical (unpaired) electrons. The van der Waals surface area contributed by atoms with Crippen molar-refractivity contribution in [1.29, 1.82) is 0 Å². The van der Waals surface area contributed by atoms with E-state index in [0.29, 0.717) is 19.3 Å². The molecule has 142 valence electrons. The number of hydrogen-bond donors (Lipinski definition) is 2. The molecule has 0 aromatic heterocycles. The van der Waals surface area contributed by atoms with E-state index in [2.05, 4.69) is 5.43 Å². The summed E-state index contributed by atoms with van der Waals surface area (Å²) in [6.07, 6.45) is 3.49. The third-order valence-corrected chi connectivity index (χ3v) is 4.59. The summed E-state index contributed by atoms with van der Waals surface area (Å²) in [5, 5.41) is 0. The summed E-state index contributed by atoms with van der Waals surface area (Å²) in [4.78, 5) is 40.5. The van der Waals surface area contributed by atoms with Crippen molar-refractivity contribution in [2.75, 3.05) is 12.8 Å². The number of sulfonamides is 1. The van der Waals surface area contributed by atoms with Gasteiger partial charge in [0, 0.05) is 13.0 Å². The minimum atomic E-state index is -3.61. The molecule has 0 bridgehead atoms. The number of likely N-dealkylation sites (tertiary alicyclic amines) is 1. The predicted molar refractivity (Wildman–Crippen MR) is 95.2 cm³/mol. The first-order valence-corrected chi connectivity index (χ1v) is 10.3. The Balaban J connectivity index is 2.09. The SMILES string of the molecule is CS(=O)(=O)NNC(=O)C1CCCCCN1C(=O)C(=O)Cc1ccccc1. The Hall–Kier alpha value is -2.26. The molecule has 1 saturated heterocycles. The fourth-order valence-electron chi connectivity index (χ4n) is 2.87. The number of ketones is 1. The van der Waals surface area contributed by atoms with Gasteiger partial charge in [0.2, 0.25) is 15.8 Å². The normalized spacial score (nSPS) is 18.0. The van der Waals surface area contributed by atoms with Crippen LogP contribution in [0.3, 0.4) is 0 Å². The molecule has 9 heteroatoms. The topological polar surface area (TPSA) is 113 Å². The van der Waals surface area contributed by atoms with E-state index >= 15 is 0 Å². The summed E-state index contributed by atoms with van der Waals surface area (Å²) >= 11 is 0. The van der Waals surface area contributed by atoms with E-state index in [-0.39, 0.29) is 13.0 Å². The highest BCUT2D eigenvalue weighted by atomic mass is 32.2. The van der Waals surface area contributed by atoms with Gasteiger partial charge in [0.05, 0.1) is 6.26 Å². The third-order valence-electron chi connectivity index (χ3n) is 4.12. The summed E-state index contributed by atoms with van der Waals surface area (Å²) in [6.45, 7) is 0.288. The standard InChI is InChI=1S/C17H23N3O5S/c1-26(24,25)19-18-16(22)14-10-6-3-7-11-20(14)17(23)15(21)12-13-8-4-2-5-9-13/h2,4-5,8-9,14,19H,3,6-7,10-12H2,1H3,(H,18,22). The lowest BCUT2D eigenvalue weighted by molar-refractivity contribution is -0.148. The fourth-order valence-corrected chi connectivity index (χ4v) is 3.15. The van der Waals surface area contributed by atoms with Crippen LogP contribution in [-0.4, -0.2) is 49.8 Å². The first kappa shape index (κ1) is 20.1. The summed E-state index contributed by atoms with van der Waals surface area (Å²) in [6, 6.07) is 8.03. The van der Waals surface area contributed by atoms with Crippen molar-refractivity contribution in [2.45, 2.75) is 38.1 Å². The maximum absolute atomic E-state index is 12.6. The number of carbonyl (C=O) groups excluding carboxylic acids is 3. The van der Waals surface area contributed by atoms with Crippen LogP contribution in [0.25, 0.3) is 0 Å². The van der Waals surface area contributed by atoms with E-state index in [9.17, 15) is 22.8 Å². The number of nitrogens with zero attached hydrogens (tertiary/aromatic N) is 1. The molecule has 1 atom stereocenters. The van der Waals surface area contributed by atoms with Crippen molar-refractivity contribution in [3.63, 3.8) is 0 Å². The van der Waals surface area contributed by atoms with Gasteiger partial charge in [-0.05, 0) is 18.4 Å². The van der Waals surface area contributed by atoms with Gasteiger partial charge < -0.3 is 4.90 Å². The molecule has 1 aromatic rings. The molecule has 8 nitrogen and oxygen atoms in total. The number of amides is 2. The van der Waals surface area contributed by atoms with Crippen LogP contribution in [-0.2, 0) is 30.8 Å². The third kappa shape index (κ3) is 5.92. The molecule has 0 spiro atoms. The fraction of sp³-hybridized carbons (Fsp3) is 0.471. The molecule has 1 aromatic carbocycles. The highest BCUT2D eigenvalue weighted by molar-refractivity contribution is 7.88. The Morgan fingerprint density at radius 3 is 2.46 bits per heavy atom. The second-order valence-electron chi connectivity index (χ2n) is 6.31. The highest BCUT2D eigenvalue weighted by Crippen LogP contribution is 2.18. The maximum Gasteiger partial charge on any atom is 0.290 e. The van der Waals surface area contributed by atoms with E-state index in [1.165, 1.54) is 4.90 Å². The van der Waals surface area contributed by atoms with Crippen molar-refractivity contribution in [3.8, 4) is 0 Å². The van der Waals surface area contributed by atoms with Gasteiger partial charge in [0.15, 0.2) is 0 Å². The number of hydrogen-bond acceptors (Lipinski definition) is 5. The average Bonchev–Trinajstić information content (AvgIpc) is 2.85. The number of hydrazine groups is 1. The smallest absolute Gasteiger partial charge is 0.290 e. The molecule has 2 amide bonds. The predicted octanol–water partition coefficient (Wildman–Crippen LogP) is 0.150. The Labute approximate surface area is 153 Å². The molecule has 1 aliphatic rings. The number of carbonyl (C=O) groups is 3. The minimum Gasteiger partial charge on any atom is -0.324 e. The quantitative estimate of drug-likeness (QED) is 0.538. The van der Waals surface area contributed by atoms with E-state index in [1.54, 1.807) is 24.3 Å². The van der Waals surface area contributed by atoms with Crippen LogP contribution < -0.4 is 10.3 Å². The van der Waals surface area contributed by atoms with Gasteiger partial charge in [0.1, 0.15) is 6.04 Å². The summed E-state index contributed by atoms with van der Waals surface area (Å²) in [7, 11) is -3.61. The molecule has 1 heterocycles. The van der Waals surface area contributed by atoms with Gasteiger partial charge in [0.25, 0.3) is 11.8 Å². The van der Waals surface area contributed by atoms with Crippen LogP contribution in [0.15, 0.2) is 30.3 Å². The Bertz CT molecular complexity index is 764. The largest absolute Gasteiger partial charge is 0.324 e. The summed E-state index contributed by atoms with van der Waals surface area (Å²) < 4.78 is 22.3. The first-order chi connectivity index (χ1) is 12.3. The number of benzene rings is 1. The van der Waals surface area contributed by atoms with Crippen LogP contribution in [0, 0.1) is 0 Å². The number of Topliss-reactive ketones (excluding diaryl/α,β-unsaturated/α-hetero) is 1. The second-order valence-corrected chi connectivity index (χ2v) is 8.06. The van der Waals surface area contributed by atoms with Crippen LogP contribution >= 0.6 is 0 Å². The van der Waals surface area contributed by atoms with Gasteiger partial charge in [-0.3, -0.25) is 19.8 Å². The lowest BCUT2D eigenvalue weighted by Gasteiger charge is -2.28. The highest BCUT2D eigenvalue weighted by Gasteiger charge is 2.34. The minimum absolute atomic E-state index is 0.0356. The molecular formula is C17H23N3O5S. The first-order valence-electron chi connectivity index (χ1n) is 8.42. The van der Waals surface area contributed by atoms with Crippen molar-refractivity contribution < 1.29 is 22.8 Å². The molecule has 2 N–H and O–H groups in total. The molecule has 0 saturated carbocycles. The van der Waals surface area contributed by atoms with Crippen molar-refractivity contribution >= 4 is 27.6 Å². The van der Waals surface area contributed by atoms with Gasteiger partial charge in [-0.25, -0.2) is 8.42 Å². The zero-order valence-electron chi connectivity index (χ0n) is 14.6. The Morgan fingerprint density at radius 1 is 1.12 bits per heavy atom. The van der Waals surface area contributed by atoms with Crippen molar-refractivity contribution in [2.24, 2.45) is 0 Å². The van der Waals surface area contributed by atoms with Gasteiger partial charge in [-0.2, -0.15) is 0 Å². The molecule has 2 rings (SSSR count). The Kier molecular flexibility index (Phi) is 6.87. The van der Waals surface area contributed by atoms with Gasteiger partial charge >= 0.3 is 0 Å². The zero-order valence-corrected chi connectivity index (χ0v) is 15.4. The van der Waals surface area contributed by atoms with E-state index < -0.39 is 33.7 Å². The van der Waals surface area contributed by atoms with Crippen LogP contribution in [0.2, 0.25) is 0 Å². The lowest BCUT2D eigenvalue weighted by Crippen LogP contribution is -2.54. The lowest BCUT2D eigenvalue weighted by atomic mass is 10.1. The molecule has 26 heavy (non-hydrogen) atoms. The van der Waals surface area contributed by atoms with Crippen LogP contribution in [0.4, 0.5) is 0 Å². The summed E-state index contributed by atoms with van der Waals surface area (Å²) in [5.74, 6) is -1.94. The number of rotatable bonds is 6. The number of nitrogens with one attached hydrogen (secondary N) is 2. The molecule has 1 aliphatic heterocycles. The molecule has 0 aliphatic carbocycles. The van der Waals surface area contributed by atoms with E-state index in [0.717, 1.165) is 18.2 Å². The Morgan fingerprint density at radius 2 is 1.81 bits per heavy atom. The van der Waals surface area contributed by atoms with Gasteiger partial charge in [-0.15, -0.1) is 4.83 Å². The van der Waals surface area contributed by atoms with E-state index in [1.807, 2.05) is 10.9 Å². The van der Waals surface area contributed by atoms with Crippen LogP contribution in [0.5, 0.6) is 0 Å². The maximum atomic E-state index is 12.6. The second kappa shape index (κ2) is 8.91. The molecule has 1 unspecified atom stereocenters. The van der Waals surface area contributed by atoms with E-state index in [4.69, 9.17) is 0 Å². The zero-order chi connectivity index (χ0) is 19.2. The average molecular weight is 381 g/mol.